The lowest BCUT2D eigenvalue weighted by Gasteiger charge is -2.11. The molecule has 3 nitrogen and oxygen atoms in total. The molecule has 2 rings (SSSR count). The van der Waals surface area contributed by atoms with Gasteiger partial charge in [0.05, 0.1) is 12.3 Å². The van der Waals surface area contributed by atoms with Crippen LogP contribution in [0, 0.1) is 11.3 Å². The van der Waals surface area contributed by atoms with Gasteiger partial charge in [-0.3, -0.25) is 0 Å². The topological polar surface area (TPSA) is 45.9 Å². The number of hydrogen-bond donors (Lipinski definition) is 0. The minimum Gasteiger partial charge on any atom is -0.489 e. The Morgan fingerprint density at radius 2 is 2.14 bits per heavy atom. The molecular formula is C11H12N2O. The molecule has 0 saturated heterocycles. The van der Waals surface area contributed by atoms with Gasteiger partial charge in [0.15, 0.2) is 0 Å². The van der Waals surface area contributed by atoms with Gasteiger partial charge in [0.2, 0.25) is 0 Å². The summed E-state index contributed by atoms with van der Waals surface area (Å²) in [7, 11) is 0. The molecule has 0 unspecified atom stereocenters. The molecule has 0 N–H and O–H groups in total. The first-order chi connectivity index (χ1) is 6.88. The largest absolute Gasteiger partial charge is 0.489 e. The predicted molar refractivity (Wildman–Crippen MR) is 51.8 cm³/mol. The summed E-state index contributed by atoms with van der Waals surface area (Å²) in [5.74, 6) is 0.774. The minimum absolute atomic E-state index is 0.352. The van der Waals surface area contributed by atoms with E-state index in [1.54, 1.807) is 12.3 Å². The Morgan fingerprint density at radius 1 is 1.36 bits per heavy atom. The highest BCUT2D eigenvalue weighted by Crippen LogP contribution is 2.23. The van der Waals surface area contributed by atoms with Crippen molar-refractivity contribution in [2.24, 2.45) is 0 Å². The van der Waals surface area contributed by atoms with Crippen LogP contribution in [0.15, 0.2) is 18.3 Å². The van der Waals surface area contributed by atoms with Crippen LogP contribution in [0.5, 0.6) is 5.75 Å². The Labute approximate surface area is 83.3 Å². The van der Waals surface area contributed by atoms with E-state index in [0.29, 0.717) is 11.8 Å². The van der Waals surface area contributed by atoms with Gasteiger partial charge in [-0.25, -0.2) is 4.98 Å². The first-order valence-electron chi connectivity index (χ1n) is 4.91. The smallest absolute Gasteiger partial charge is 0.140 e. The van der Waals surface area contributed by atoms with Crippen LogP contribution < -0.4 is 4.74 Å². The van der Waals surface area contributed by atoms with E-state index in [-0.39, 0.29) is 0 Å². The minimum atomic E-state index is 0.352. The van der Waals surface area contributed by atoms with Gasteiger partial charge in [-0.2, -0.15) is 5.26 Å². The molecule has 1 aliphatic carbocycles. The van der Waals surface area contributed by atoms with Gasteiger partial charge in [0.25, 0.3) is 0 Å². The maximum absolute atomic E-state index is 8.56. The normalized spacial score (nSPS) is 16.5. The number of nitriles is 1. The third kappa shape index (κ3) is 2.02. The Kier molecular flexibility index (Phi) is 2.64. The molecule has 14 heavy (non-hydrogen) atoms. The van der Waals surface area contributed by atoms with E-state index in [0.717, 1.165) is 18.6 Å². The monoisotopic (exact) mass is 188 g/mol. The summed E-state index contributed by atoms with van der Waals surface area (Å²) >= 11 is 0. The zero-order valence-corrected chi connectivity index (χ0v) is 7.94. The summed E-state index contributed by atoms with van der Waals surface area (Å²) in [6.45, 7) is 0. The first kappa shape index (κ1) is 9.01. The number of aromatic nitrogens is 1. The van der Waals surface area contributed by atoms with Crippen molar-refractivity contribution in [3.05, 3.63) is 24.0 Å². The van der Waals surface area contributed by atoms with Gasteiger partial charge in [-0.15, -0.1) is 0 Å². The van der Waals surface area contributed by atoms with E-state index in [1.807, 2.05) is 12.1 Å². The summed E-state index contributed by atoms with van der Waals surface area (Å²) in [6.07, 6.45) is 6.77. The van der Waals surface area contributed by atoms with Crippen LogP contribution in [0.1, 0.15) is 31.4 Å². The summed E-state index contributed by atoms with van der Waals surface area (Å²) in [5, 5.41) is 8.56. The Morgan fingerprint density at radius 3 is 2.71 bits per heavy atom. The van der Waals surface area contributed by atoms with Gasteiger partial charge in [-0.1, -0.05) is 0 Å². The van der Waals surface area contributed by atoms with E-state index in [1.165, 1.54) is 12.8 Å². The second kappa shape index (κ2) is 4.10. The van der Waals surface area contributed by atoms with Crippen LogP contribution >= 0.6 is 0 Å². The summed E-state index contributed by atoms with van der Waals surface area (Å²) in [6, 6.07) is 5.48. The molecule has 1 fully saturated rings. The summed E-state index contributed by atoms with van der Waals surface area (Å²) < 4.78 is 5.70. The molecule has 1 aromatic heterocycles. The lowest BCUT2D eigenvalue weighted by atomic mass is 10.3. The van der Waals surface area contributed by atoms with Crippen LogP contribution in [-0.4, -0.2) is 11.1 Å². The van der Waals surface area contributed by atoms with Crippen molar-refractivity contribution >= 4 is 0 Å². The van der Waals surface area contributed by atoms with E-state index in [4.69, 9.17) is 10.00 Å². The molecule has 0 atom stereocenters. The van der Waals surface area contributed by atoms with E-state index < -0.39 is 0 Å². The van der Waals surface area contributed by atoms with Crippen molar-refractivity contribution in [1.29, 1.82) is 5.26 Å². The van der Waals surface area contributed by atoms with Crippen molar-refractivity contribution < 1.29 is 4.74 Å². The molecule has 1 heterocycles. The molecule has 0 aromatic carbocycles. The number of pyridine rings is 1. The van der Waals surface area contributed by atoms with E-state index in [9.17, 15) is 0 Å². The zero-order valence-electron chi connectivity index (χ0n) is 7.94. The van der Waals surface area contributed by atoms with Crippen LogP contribution in [0.25, 0.3) is 0 Å². The van der Waals surface area contributed by atoms with Crippen LogP contribution in [0.4, 0.5) is 0 Å². The fourth-order valence-corrected chi connectivity index (χ4v) is 1.71. The first-order valence-corrected chi connectivity index (χ1v) is 4.91. The number of ether oxygens (including phenoxy) is 1. The third-order valence-electron chi connectivity index (χ3n) is 2.46. The summed E-state index contributed by atoms with van der Waals surface area (Å²) in [4.78, 5) is 3.95. The molecule has 0 amide bonds. The highest BCUT2D eigenvalue weighted by Gasteiger charge is 2.16. The molecule has 1 aromatic rings. The Balaban J connectivity index is 1.99. The quantitative estimate of drug-likeness (QED) is 0.715. The number of nitrogens with zero attached hydrogens (tertiary/aromatic N) is 2. The van der Waals surface area contributed by atoms with Crippen molar-refractivity contribution in [2.45, 2.75) is 31.8 Å². The number of rotatable bonds is 2. The molecule has 3 heteroatoms. The van der Waals surface area contributed by atoms with Crippen LogP contribution in [-0.2, 0) is 0 Å². The predicted octanol–water partition coefficient (Wildman–Crippen LogP) is 2.27. The van der Waals surface area contributed by atoms with Gasteiger partial charge in [-0.05, 0) is 37.8 Å². The van der Waals surface area contributed by atoms with Crippen molar-refractivity contribution in [2.75, 3.05) is 0 Å². The van der Waals surface area contributed by atoms with Gasteiger partial charge in [0.1, 0.15) is 17.5 Å². The fourth-order valence-electron chi connectivity index (χ4n) is 1.71. The van der Waals surface area contributed by atoms with Crippen molar-refractivity contribution in [1.82, 2.24) is 4.98 Å². The molecule has 72 valence electrons. The van der Waals surface area contributed by atoms with E-state index in [2.05, 4.69) is 4.98 Å². The SMILES string of the molecule is N#Cc1ccc(OC2CCCC2)cn1. The maximum Gasteiger partial charge on any atom is 0.140 e. The summed E-state index contributed by atoms with van der Waals surface area (Å²) in [5.41, 5.74) is 0.434. The van der Waals surface area contributed by atoms with E-state index >= 15 is 0 Å². The highest BCUT2D eigenvalue weighted by molar-refractivity contribution is 5.26. The molecule has 1 aliphatic rings. The highest BCUT2D eigenvalue weighted by atomic mass is 16.5. The molecule has 0 spiro atoms. The standard InChI is InChI=1S/C11H12N2O/c12-7-9-5-6-11(8-13-9)14-10-3-1-2-4-10/h5-6,8,10H,1-4H2. The van der Waals surface area contributed by atoms with Crippen LogP contribution in [0.2, 0.25) is 0 Å². The average molecular weight is 188 g/mol. The van der Waals surface area contributed by atoms with Crippen LogP contribution in [0.3, 0.4) is 0 Å². The van der Waals surface area contributed by atoms with Gasteiger partial charge >= 0.3 is 0 Å². The second-order valence-electron chi connectivity index (χ2n) is 3.52. The number of hydrogen-bond acceptors (Lipinski definition) is 3. The maximum atomic E-state index is 8.56. The van der Waals surface area contributed by atoms with Gasteiger partial charge in [0, 0.05) is 0 Å². The van der Waals surface area contributed by atoms with Crippen molar-refractivity contribution in [3.63, 3.8) is 0 Å². The Bertz CT molecular complexity index is 333. The fraction of sp³-hybridized carbons (Fsp3) is 0.455. The van der Waals surface area contributed by atoms with Gasteiger partial charge < -0.3 is 4.74 Å². The third-order valence-corrected chi connectivity index (χ3v) is 2.46. The molecule has 0 aliphatic heterocycles. The molecular weight excluding hydrogens is 176 g/mol. The van der Waals surface area contributed by atoms with Crippen molar-refractivity contribution in [3.8, 4) is 11.8 Å². The molecule has 1 saturated carbocycles. The Hall–Kier alpha value is -1.56. The molecule has 0 radical (unpaired) electrons. The second-order valence-corrected chi connectivity index (χ2v) is 3.52. The zero-order chi connectivity index (χ0) is 9.80. The average Bonchev–Trinajstić information content (AvgIpc) is 2.72. The molecule has 0 bridgehead atoms. The lowest BCUT2D eigenvalue weighted by Crippen LogP contribution is -2.10. The lowest BCUT2D eigenvalue weighted by molar-refractivity contribution is 0.209.